The van der Waals surface area contributed by atoms with E-state index in [9.17, 15) is 0 Å². The molecule has 0 N–H and O–H groups in total. The topological polar surface area (TPSA) is 52.9 Å². The van der Waals surface area contributed by atoms with Crippen molar-refractivity contribution in [2.45, 2.75) is 41.5 Å². The van der Waals surface area contributed by atoms with Gasteiger partial charge in [-0.15, -0.1) is 11.4 Å². The van der Waals surface area contributed by atoms with Gasteiger partial charge in [0.1, 0.15) is 0 Å². The first-order valence-electron chi connectivity index (χ1n) is 13.6. The molecule has 2 aliphatic rings. The first-order chi connectivity index (χ1) is 19.3. The van der Waals surface area contributed by atoms with Crippen molar-refractivity contribution >= 4 is 23.6 Å². The summed E-state index contributed by atoms with van der Waals surface area (Å²) in [4.78, 5) is 17.9. The van der Waals surface area contributed by atoms with Crippen molar-refractivity contribution in [1.29, 1.82) is 0 Å². The fraction of sp³-hybridized carbons (Fsp3) is 0.167. The predicted molar refractivity (Wildman–Crippen MR) is 168 cm³/mol. The van der Waals surface area contributed by atoms with Crippen LogP contribution in [0.2, 0.25) is 0 Å². The van der Waals surface area contributed by atoms with E-state index in [4.69, 9.17) is 0 Å². The summed E-state index contributed by atoms with van der Waals surface area (Å²) in [5.74, 6) is 0. The number of aromatic nitrogens is 2. The van der Waals surface area contributed by atoms with Gasteiger partial charge in [-0.05, 0) is 110 Å². The van der Waals surface area contributed by atoms with Gasteiger partial charge in [0.05, 0.1) is 11.4 Å². The average molecular weight is 588 g/mol. The summed E-state index contributed by atoms with van der Waals surface area (Å²) in [6.07, 6.45) is 15.3. The zero-order chi connectivity index (χ0) is 28.2. The van der Waals surface area contributed by atoms with E-state index in [0.29, 0.717) is 0 Å². The van der Waals surface area contributed by atoms with Gasteiger partial charge in [-0.3, -0.25) is 9.98 Å². The molecule has 4 heterocycles. The third-order valence-electron chi connectivity index (χ3n) is 7.09. The number of hydrogen-bond acceptors (Lipinski definition) is 2. The number of allylic oxidation sites excluding steroid dienone is 4. The molecule has 0 spiro atoms. The van der Waals surface area contributed by atoms with E-state index in [0.717, 1.165) is 33.9 Å². The Kier molecular flexibility index (Phi) is 9.52. The van der Waals surface area contributed by atoms with Gasteiger partial charge in [0.2, 0.25) is 0 Å². The largest absolute Gasteiger partial charge is 2.00 e. The number of nitrogens with zero attached hydrogens (tertiary/aromatic N) is 4. The number of aliphatic imine (C=N–C) groups is 2. The van der Waals surface area contributed by atoms with E-state index < -0.39 is 0 Å². The molecule has 0 atom stereocenters. The van der Waals surface area contributed by atoms with E-state index in [1.165, 1.54) is 44.5 Å². The summed E-state index contributed by atoms with van der Waals surface area (Å²) >= 11 is 0. The number of hydrogen-bond donors (Lipinski definition) is 0. The molecule has 0 saturated heterocycles. The molecule has 0 bridgehead atoms. The van der Waals surface area contributed by atoms with Crippen molar-refractivity contribution in [2.24, 2.45) is 9.98 Å². The van der Waals surface area contributed by atoms with Crippen molar-refractivity contribution in [3.05, 3.63) is 153 Å². The first kappa shape index (κ1) is 29.9. The van der Waals surface area contributed by atoms with Crippen LogP contribution < -0.4 is 9.97 Å². The van der Waals surface area contributed by atoms with E-state index >= 15 is 0 Å². The Hall–Kier alpha value is -4.08. The fourth-order valence-electron chi connectivity index (χ4n) is 5.72. The van der Waals surface area contributed by atoms with E-state index in [2.05, 4.69) is 85.8 Å². The zero-order valence-electron chi connectivity index (χ0n) is 24.7. The normalized spacial score (nSPS) is 15.6. The van der Waals surface area contributed by atoms with Crippen LogP contribution in [0.4, 0.5) is 0 Å². The molecular formula is C36H34N4Zn. The van der Waals surface area contributed by atoms with E-state index in [1.54, 1.807) is 0 Å². The summed E-state index contributed by atoms with van der Waals surface area (Å²) in [6, 6.07) is 16.9. The molecular weight excluding hydrogens is 554 g/mol. The Morgan fingerprint density at radius 3 is 1.20 bits per heavy atom. The Morgan fingerprint density at radius 2 is 0.927 bits per heavy atom. The van der Waals surface area contributed by atoms with Crippen molar-refractivity contribution in [3.63, 3.8) is 0 Å². The minimum absolute atomic E-state index is 0. The third kappa shape index (κ3) is 6.47. The molecule has 0 aliphatic carbocycles. The van der Waals surface area contributed by atoms with Crippen LogP contribution in [0.15, 0.2) is 107 Å². The second kappa shape index (κ2) is 13.1. The second-order valence-corrected chi connectivity index (χ2v) is 10.4. The number of aryl methyl sites for hydroxylation is 6. The van der Waals surface area contributed by atoms with Crippen LogP contribution in [0.1, 0.15) is 55.9 Å². The molecule has 200 valence electrons. The maximum Gasteiger partial charge on any atom is 2.00 e. The van der Waals surface area contributed by atoms with E-state index in [1.807, 2.05) is 73.4 Å². The summed E-state index contributed by atoms with van der Waals surface area (Å²) in [6.45, 7) is 12.9. The van der Waals surface area contributed by atoms with Crippen LogP contribution in [-0.4, -0.2) is 12.4 Å². The molecule has 2 aliphatic heterocycles. The van der Waals surface area contributed by atoms with E-state index in [-0.39, 0.29) is 19.5 Å². The zero-order valence-corrected chi connectivity index (χ0v) is 27.7. The molecule has 0 unspecified atom stereocenters. The van der Waals surface area contributed by atoms with Gasteiger partial charge >= 0.3 is 19.5 Å². The Morgan fingerprint density at radius 1 is 0.561 bits per heavy atom. The Bertz CT molecular complexity index is 1520. The van der Waals surface area contributed by atoms with Crippen molar-refractivity contribution in [1.82, 2.24) is 9.97 Å². The third-order valence-corrected chi connectivity index (χ3v) is 7.09. The van der Waals surface area contributed by atoms with Crippen molar-refractivity contribution < 1.29 is 19.5 Å². The quantitative estimate of drug-likeness (QED) is 0.228. The first-order valence-corrected chi connectivity index (χ1v) is 13.6. The Balaban J connectivity index is 0.000000184. The minimum atomic E-state index is 0. The molecule has 0 fully saturated rings. The minimum Gasteiger partial charge on any atom is -0.664 e. The summed E-state index contributed by atoms with van der Waals surface area (Å²) in [7, 11) is 0. The predicted octanol–water partition coefficient (Wildman–Crippen LogP) is 7.94. The average Bonchev–Trinajstić information content (AvgIpc) is 3.73. The molecule has 5 heteroatoms. The molecule has 0 amide bonds. The standard InChI is InChI=1S/2C18H17N2.Zn/c2*1-12-10-13(2)17(14(3)11-12)18(15-6-4-8-19-15)16-7-5-9-20-16;/h2*4-11H,1-3H3;/q2*-1;+2/b2*18-15+;. The van der Waals surface area contributed by atoms with Gasteiger partial charge in [-0.25, -0.2) is 0 Å². The van der Waals surface area contributed by atoms with Gasteiger partial charge in [0.25, 0.3) is 0 Å². The monoisotopic (exact) mass is 586 g/mol. The van der Waals surface area contributed by atoms with Gasteiger partial charge in [-0.2, -0.15) is 12.4 Å². The van der Waals surface area contributed by atoms with Crippen LogP contribution in [0, 0.1) is 41.5 Å². The van der Waals surface area contributed by atoms with Gasteiger partial charge in [0.15, 0.2) is 0 Å². The molecule has 4 aromatic rings. The van der Waals surface area contributed by atoms with Crippen LogP contribution in [0.3, 0.4) is 0 Å². The molecule has 6 rings (SSSR count). The maximum atomic E-state index is 4.48. The molecule has 2 aromatic heterocycles. The van der Waals surface area contributed by atoms with Crippen LogP contribution in [0.5, 0.6) is 0 Å². The van der Waals surface area contributed by atoms with Crippen molar-refractivity contribution in [2.75, 3.05) is 0 Å². The van der Waals surface area contributed by atoms with Crippen molar-refractivity contribution in [3.8, 4) is 0 Å². The smallest absolute Gasteiger partial charge is 0.664 e. The van der Waals surface area contributed by atoms with Crippen LogP contribution >= 0.6 is 0 Å². The molecule has 2 aromatic carbocycles. The molecule has 0 radical (unpaired) electrons. The molecule has 41 heavy (non-hydrogen) atoms. The SMILES string of the molecule is Cc1cc(C)c(/C(=C2\C=CC=N2)c2ccc[n-]2)c(C)c1.Cc1cc(C)c(/C(=C2\C=CC=N2)c2ccc[n-]2)c(C)c1.[Zn+2]. The maximum absolute atomic E-state index is 4.48. The van der Waals surface area contributed by atoms with Gasteiger partial charge in [0, 0.05) is 12.4 Å². The van der Waals surface area contributed by atoms with Crippen LogP contribution in [0.25, 0.3) is 11.1 Å². The number of benzene rings is 2. The number of rotatable bonds is 4. The second-order valence-electron chi connectivity index (χ2n) is 10.4. The van der Waals surface area contributed by atoms with Gasteiger partial charge < -0.3 is 9.97 Å². The summed E-state index contributed by atoms with van der Waals surface area (Å²) in [5.41, 5.74) is 16.3. The summed E-state index contributed by atoms with van der Waals surface area (Å²) < 4.78 is 0. The Labute approximate surface area is 256 Å². The molecule has 0 saturated carbocycles. The van der Waals surface area contributed by atoms with Crippen LogP contribution in [-0.2, 0) is 19.5 Å². The fourth-order valence-corrected chi connectivity index (χ4v) is 5.72. The molecule has 4 nitrogen and oxygen atoms in total. The van der Waals surface area contributed by atoms with Gasteiger partial charge in [-0.1, -0.05) is 59.7 Å². The summed E-state index contributed by atoms with van der Waals surface area (Å²) in [5, 5.41) is 0.